The fourth-order valence-corrected chi connectivity index (χ4v) is 6.12. The predicted octanol–water partition coefficient (Wildman–Crippen LogP) is 4.31. The molecule has 3 heterocycles. The standard InChI is InChI=1S/C27H32N2O5/c1-16(2)21-10-17-11-23(28-9-8-27(15-28)6-4-18(30)5-7-27)25(34-3)12-19(17)22-13-24(31)20(26(32)33)14-29(21)22/h11-14,16,21H,4-10,15H2,1-3H3,(H,32,33). The summed E-state index contributed by atoms with van der Waals surface area (Å²) >= 11 is 0. The van der Waals surface area contributed by atoms with Crippen molar-refractivity contribution >= 4 is 17.4 Å². The lowest BCUT2D eigenvalue weighted by Crippen LogP contribution is -2.32. The summed E-state index contributed by atoms with van der Waals surface area (Å²) in [4.78, 5) is 38.4. The van der Waals surface area contributed by atoms with Crippen LogP contribution in [0.25, 0.3) is 11.3 Å². The SMILES string of the molecule is COc1cc2c(cc1N1CCC3(CCC(=O)CC3)C1)CC(C(C)C)n1cc(C(=O)O)c(=O)cc1-2. The first kappa shape index (κ1) is 22.7. The minimum atomic E-state index is -1.20. The first-order chi connectivity index (χ1) is 16.2. The third kappa shape index (κ3) is 3.71. The number of anilines is 1. The van der Waals surface area contributed by atoms with Crippen LogP contribution in [-0.2, 0) is 11.2 Å². The summed E-state index contributed by atoms with van der Waals surface area (Å²) in [5, 5.41) is 9.49. The Morgan fingerprint density at radius 3 is 2.53 bits per heavy atom. The average Bonchev–Trinajstić information content (AvgIpc) is 3.22. The molecule has 180 valence electrons. The highest BCUT2D eigenvalue weighted by Gasteiger charge is 2.41. The van der Waals surface area contributed by atoms with E-state index in [1.165, 1.54) is 12.3 Å². The Kier molecular flexibility index (Phi) is 5.53. The van der Waals surface area contributed by atoms with Crippen LogP contribution in [0.2, 0.25) is 0 Å². The second kappa shape index (κ2) is 8.29. The van der Waals surface area contributed by atoms with Crippen molar-refractivity contribution in [2.24, 2.45) is 11.3 Å². The molecule has 7 heteroatoms. The van der Waals surface area contributed by atoms with Gasteiger partial charge < -0.3 is 19.3 Å². The van der Waals surface area contributed by atoms with Gasteiger partial charge in [0.2, 0.25) is 0 Å². The molecule has 7 nitrogen and oxygen atoms in total. The van der Waals surface area contributed by atoms with E-state index in [2.05, 4.69) is 24.8 Å². The van der Waals surface area contributed by atoms with Crippen molar-refractivity contribution in [2.75, 3.05) is 25.1 Å². The van der Waals surface area contributed by atoms with Gasteiger partial charge in [0.25, 0.3) is 0 Å². The summed E-state index contributed by atoms with van der Waals surface area (Å²) in [5.74, 6) is 0.201. The molecule has 2 fully saturated rings. The number of methoxy groups -OCH3 is 1. The van der Waals surface area contributed by atoms with Crippen LogP contribution in [0.15, 0.2) is 29.2 Å². The van der Waals surface area contributed by atoms with Crippen LogP contribution in [0.4, 0.5) is 5.69 Å². The second-order valence-electron chi connectivity index (χ2n) is 10.6. The van der Waals surface area contributed by atoms with E-state index in [9.17, 15) is 19.5 Å². The van der Waals surface area contributed by atoms with Crippen molar-refractivity contribution in [1.29, 1.82) is 0 Å². The number of carbonyl (C=O) groups is 2. The number of pyridine rings is 1. The van der Waals surface area contributed by atoms with Crippen molar-refractivity contribution in [3.8, 4) is 17.0 Å². The Bertz CT molecular complexity index is 1220. The van der Waals surface area contributed by atoms with Crippen LogP contribution < -0.4 is 15.1 Å². The summed E-state index contributed by atoms with van der Waals surface area (Å²) in [7, 11) is 1.66. The molecule has 5 rings (SSSR count). The van der Waals surface area contributed by atoms with E-state index < -0.39 is 11.4 Å². The monoisotopic (exact) mass is 464 g/mol. The number of carboxylic acids is 1. The molecular weight excluding hydrogens is 432 g/mol. The number of benzene rings is 1. The molecule has 1 N–H and O–H groups in total. The summed E-state index contributed by atoms with van der Waals surface area (Å²) in [6, 6.07) is 5.72. The van der Waals surface area contributed by atoms with Crippen LogP contribution in [-0.4, -0.2) is 41.6 Å². The van der Waals surface area contributed by atoms with Gasteiger partial charge in [-0.3, -0.25) is 9.59 Å². The maximum atomic E-state index is 12.6. The van der Waals surface area contributed by atoms with Gasteiger partial charge in [0, 0.05) is 49.8 Å². The van der Waals surface area contributed by atoms with Gasteiger partial charge in [0.1, 0.15) is 17.1 Å². The van der Waals surface area contributed by atoms with Gasteiger partial charge >= 0.3 is 5.97 Å². The van der Waals surface area contributed by atoms with Crippen LogP contribution in [0.5, 0.6) is 5.75 Å². The summed E-state index contributed by atoms with van der Waals surface area (Å²) in [5.41, 5.74) is 3.40. The lowest BCUT2D eigenvalue weighted by molar-refractivity contribution is -0.122. The number of ketones is 1. The van der Waals surface area contributed by atoms with Gasteiger partial charge in [-0.2, -0.15) is 0 Å². The maximum Gasteiger partial charge on any atom is 0.341 e. The fraction of sp³-hybridized carbons (Fsp3) is 0.519. The molecule has 1 unspecified atom stereocenters. The molecule has 1 aromatic carbocycles. The number of hydrogen-bond acceptors (Lipinski definition) is 5. The second-order valence-corrected chi connectivity index (χ2v) is 10.6. The van der Waals surface area contributed by atoms with Gasteiger partial charge in [0.15, 0.2) is 5.43 Å². The van der Waals surface area contributed by atoms with E-state index in [0.29, 0.717) is 18.6 Å². The molecule has 2 aromatic rings. The molecular formula is C27H32N2O5. The molecule has 1 aliphatic carbocycles. The van der Waals surface area contributed by atoms with Gasteiger partial charge in [-0.25, -0.2) is 4.79 Å². The van der Waals surface area contributed by atoms with E-state index in [4.69, 9.17) is 4.74 Å². The number of fused-ring (bicyclic) bond motifs is 3. The zero-order valence-electron chi connectivity index (χ0n) is 20.1. The number of carboxylic acid groups (broad SMARTS) is 1. The molecule has 1 saturated carbocycles. The van der Waals surface area contributed by atoms with Crippen molar-refractivity contribution in [1.82, 2.24) is 4.57 Å². The third-order valence-corrected chi connectivity index (χ3v) is 8.19. The molecule has 34 heavy (non-hydrogen) atoms. The van der Waals surface area contributed by atoms with Gasteiger partial charge in [0.05, 0.1) is 18.5 Å². The van der Waals surface area contributed by atoms with Crippen molar-refractivity contribution in [3.63, 3.8) is 0 Å². The first-order valence-corrected chi connectivity index (χ1v) is 12.2. The number of aromatic nitrogens is 1. The Balaban J connectivity index is 1.57. The number of ether oxygens (including phenoxy) is 1. The molecule has 1 aromatic heterocycles. The summed E-state index contributed by atoms with van der Waals surface area (Å²) in [6.07, 6.45) is 6.66. The first-order valence-electron chi connectivity index (χ1n) is 12.2. The fourth-order valence-electron chi connectivity index (χ4n) is 6.12. The van der Waals surface area contributed by atoms with Gasteiger partial charge in [-0.05, 0) is 54.7 Å². The molecule has 1 saturated heterocycles. The van der Waals surface area contributed by atoms with Crippen molar-refractivity contribution in [2.45, 2.75) is 58.4 Å². The highest BCUT2D eigenvalue weighted by molar-refractivity contribution is 5.88. The smallest absolute Gasteiger partial charge is 0.341 e. The number of hydrogen-bond donors (Lipinski definition) is 1. The van der Waals surface area contributed by atoms with E-state index in [-0.39, 0.29) is 22.9 Å². The van der Waals surface area contributed by atoms with Crippen LogP contribution in [0.3, 0.4) is 0 Å². The highest BCUT2D eigenvalue weighted by Crippen LogP contribution is 2.48. The molecule has 2 aliphatic heterocycles. The summed E-state index contributed by atoms with van der Waals surface area (Å²) < 4.78 is 7.78. The van der Waals surface area contributed by atoms with E-state index in [0.717, 1.165) is 67.0 Å². The predicted molar refractivity (Wildman–Crippen MR) is 130 cm³/mol. The zero-order valence-corrected chi connectivity index (χ0v) is 20.1. The van der Waals surface area contributed by atoms with Crippen LogP contribution >= 0.6 is 0 Å². The molecule has 0 amide bonds. The molecule has 0 bridgehead atoms. The number of aromatic carboxylic acids is 1. The number of carbonyl (C=O) groups excluding carboxylic acids is 1. The Morgan fingerprint density at radius 2 is 1.88 bits per heavy atom. The number of rotatable bonds is 4. The Hall–Kier alpha value is -3.09. The quantitative estimate of drug-likeness (QED) is 0.725. The van der Waals surface area contributed by atoms with Crippen LogP contribution in [0, 0.1) is 11.3 Å². The zero-order chi connectivity index (χ0) is 24.2. The maximum absolute atomic E-state index is 12.6. The van der Waals surface area contributed by atoms with Crippen molar-refractivity contribution < 1.29 is 19.4 Å². The Labute approximate surface area is 199 Å². The Morgan fingerprint density at radius 1 is 1.15 bits per heavy atom. The third-order valence-electron chi connectivity index (χ3n) is 8.19. The van der Waals surface area contributed by atoms with E-state index in [1.807, 2.05) is 10.6 Å². The van der Waals surface area contributed by atoms with E-state index >= 15 is 0 Å². The minimum absolute atomic E-state index is 0.0525. The lowest BCUT2D eigenvalue weighted by Gasteiger charge is -2.35. The van der Waals surface area contributed by atoms with Gasteiger partial charge in [-0.1, -0.05) is 13.8 Å². The molecule has 0 radical (unpaired) electrons. The molecule has 1 spiro atoms. The largest absolute Gasteiger partial charge is 0.495 e. The average molecular weight is 465 g/mol. The van der Waals surface area contributed by atoms with Gasteiger partial charge in [-0.15, -0.1) is 0 Å². The highest BCUT2D eigenvalue weighted by atomic mass is 16.5. The molecule has 3 aliphatic rings. The lowest BCUT2D eigenvalue weighted by atomic mass is 9.73. The number of Topliss-reactive ketones (excluding diaryl/α,β-unsaturated/α-hetero) is 1. The molecule has 1 atom stereocenters. The van der Waals surface area contributed by atoms with Crippen molar-refractivity contribution in [3.05, 3.63) is 45.7 Å². The topological polar surface area (TPSA) is 88.8 Å². The van der Waals surface area contributed by atoms with E-state index in [1.54, 1.807) is 7.11 Å². The number of nitrogens with zero attached hydrogens (tertiary/aromatic N) is 2. The normalized spacial score (nSPS) is 21.0. The summed E-state index contributed by atoms with van der Waals surface area (Å²) in [6.45, 7) is 6.12. The van der Waals surface area contributed by atoms with Crippen LogP contribution in [0.1, 0.15) is 67.9 Å². The minimum Gasteiger partial charge on any atom is -0.495 e.